The molecular formula is C12H16O4. The van der Waals surface area contributed by atoms with Gasteiger partial charge in [-0.2, -0.15) is 0 Å². The standard InChI is InChI=1S/C12H16O4/c1-4-12(13,9-6-5-7-14-9)10-8-15-11(2,3)16-10/h4-7,10,13H,1,8H2,2-3H3/t10-,12+/m1/s1. The van der Waals surface area contributed by atoms with Crippen LogP contribution in [0.5, 0.6) is 0 Å². The van der Waals surface area contributed by atoms with E-state index in [0.29, 0.717) is 12.4 Å². The summed E-state index contributed by atoms with van der Waals surface area (Å²) in [5.74, 6) is -0.275. The fourth-order valence-electron chi connectivity index (χ4n) is 1.80. The first-order valence-electron chi connectivity index (χ1n) is 5.20. The van der Waals surface area contributed by atoms with Crippen molar-refractivity contribution in [2.75, 3.05) is 6.61 Å². The van der Waals surface area contributed by atoms with Crippen molar-refractivity contribution in [2.45, 2.75) is 31.3 Å². The van der Waals surface area contributed by atoms with Gasteiger partial charge in [-0.3, -0.25) is 0 Å². The SMILES string of the molecule is C=C[C@](O)(c1ccco1)[C@H]1COC(C)(C)O1. The largest absolute Gasteiger partial charge is 0.466 e. The molecule has 16 heavy (non-hydrogen) atoms. The van der Waals surface area contributed by atoms with Crippen LogP contribution in [0.3, 0.4) is 0 Å². The van der Waals surface area contributed by atoms with Crippen molar-refractivity contribution in [3.05, 3.63) is 36.8 Å². The van der Waals surface area contributed by atoms with Gasteiger partial charge in [-0.05, 0) is 32.1 Å². The Hall–Kier alpha value is -1.10. The molecule has 1 aromatic heterocycles. The van der Waals surface area contributed by atoms with E-state index in [0.717, 1.165) is 0 Å². The van der Waals surface area contributed by atoms with Crippen LogP contribution in [0, 0.1) is 0 Å². The van der Waals surface area contributed by atoms with Crippen LogP contribution in [-0.4, -0.2) is 23.6 Å². The molecule has 88 valence electrons. The Morgan fingerprint density at radius 2 is 2.38 bits per heavy atom. The van der Waals surface area contributed by atoms with Gasteiger partial charge in [-0.25, -0.2) is 0 Å². The summed E-state index contributed by atoms with van der Waals surface area (Å²) in [7, 11) is 0. The lowest BCUT2D eigenvalue weighted by Gasteiger charge is -2.28. The van der Waals surface area contributed by atoms with Crippen molar-refractivity contribution in [2.24, 2.45) is 0 Å². The third-order valence-electron chi connectivity index (χ3n) is 2.73. The normalized spacial score (nSPS) is 27.6. The van der Waals surface area contributed by atoms with E-state index < -0.39 is 17.5 Å². The number of ether oxygens (including phenoxy) is 2. The van der Waals surface area contributed by atoms with Crippen LogP contribution < -0.4 is 0 Å². The molecule has 1 saturated heterocycles. The average Bonchev–Trinajstić information content (AvgIpc) is 2.86. The van der Waals surface area contributed by atoms with E-state index in [1.807, 2.05) is 0 Å². The Kier molecular flexibility index (Phi) is 2.66. The van der Waals surface area contributed by atoms with Gasteiger partial charge >= 0.3 is 0 Å². The highest BCUT2D eigenvalue weighted by atomic mass is 16.7. The first kappa shape index (κ1) is 11.4. The highest BCUT2D eigenvalue weighted by Crippen LogP contribution is 2.36. The second-order valence-electron chi connectivity index (χ2n) is 4.32. The molecule has 2 rings (SSSR count). The van der Waals surface area contributed by atoms with E-state index in [9.17, 15) is 5.11 Å². The Bertz CT molecular complexity index is 368. The zero-order chi connectivity index (χ0) is 11.8. The number of hydrogen-bond donors (Lipinski definition) is 1. The van der Waals surface area contributed by atoms with Crippen LogP contribution in [0.1, 0.15) is 19.6 Å². The summed E-state index contributed by atoms with van der Waals surface area (Å²) in [5.41, 5.74) is -1.35. The van der Waals surface area contributed by atoms with Crippen LogP contribution in [0.4, 0.5) is 0 Å². The Balaban J connectivity index is 2.27. The number of hydrogen-bond acceptors (Lipinski definition) is 4. The van der Waals surface area contributed by atoms with E-state index in [-0.39, 0.29) is 0 Å². The highest BCUT2D eigenvalue weighted by Gasteiger charge is 2.47. The smallest absolute Gasteiger partial charge is 0.168 e. The third-order valence-corrected chi connectivity index (χ3v) is 2.73. The minimum absolute atomic E-state index is 0.302. The highest BCUT2D eigenvalue weighted by molar-refractivity contribution is 5.19. The summed E-state index contributed by atoms with van der Waals surface area (Å²) in [4.78, 5) is 0. The molecule has 0 radical (unpaired) electrons. The summed E-state index contributed by atoms with van der Waals surface area (Å²) >= 11 is 0. The van der Waals surface area contributed by atoms with Gasteiger partial charge in [0.2, 0.25) is 0 Å². The van der Waals surface area contributed by atoms with Crippen molar-refractivity contribution >= 4 is 0 Å². The quantitative estimate of drug-likeness (QED) is 0.795. The molecule has 4 heteroatoms. The lowest BCUT2D eigenvalue weighted by atomic mass is 9.94. The van der Waals surface area contributed by atoms with E-state index in [1.165, 1.54) is 12.3 Å². The first-order chi connectivity index (χ1) is 7.48. The summed E-state index contributed by atoms with van der Waals surface area (Å²) < 4.78 is 16.3. The fourth-order valence-corrected chi connectivity index (χ4v) is 1.80. The maximum Gasteiger partial charge on any atom is 0.168 e. The predicted molar refractivity (Wildman–Crippen MR) is 57.7 cm³/mol. The average molecular weight is 224 g/mol. The second kappa shape index (κ2) is 3.73. The Morgan fingerprint density at radius 3 is 2.81 bits per heavy atom. The van der Waals surface area contributed by atoms with Gasteiger partial charge in [-0.1, -0.05) is 6.58 Å². The molecule has 2 heterocycles. The van der Waals surface area contributed by atoms with E-state index in [4.69, 9.17) is 13.9 Å². The number of furan rings is 1. The van der Waals surface area contributed by atoms with E-state index in [1.54, 1.807) is 26.0 Å². The monoisotopic (exact) mass is 224 g/mol. The molecule has 1 aliphatic rings. The molecule has 1 fully saturated rings. The minimum atomic E-state index is -1.35. The zero-order valence-corrected chi connectivity index (χ0v) is 9.47. The van der Waals surface area contributed by atoms with Gasteiger partial charge < -0.3 is 19.0 Å². The van der Waals surface area contributed by atoms with Crippen LogP contribution in [-0.2, 0) is 15.1 Å². The Morgan fingerprint density at radius 1 is 1.62 bits per heavy atom. The zero-order valence-electron chi connectivity index (χ0n) is 9.47. The van der Waals surface area contributed by atoms with E-state index in [2.05, 4.69) is 6.58 Å². The van der Waals surface area contributed by atoms with Gasteiger partial charge in [0.1, 0.15) is 11.9 Å². The minimum Gasteiger partial charge on any atom is -0.466 e. The van der Waals surface area contributed by atoms with Crippen molar-refractivity contribution < 1.29 is 19.0 Å². The maximum absolute atomic E-state index is 10.5. The topological polar surface area (TPSA) is 51.8 Å². The molecule has 0 amide bonds. The lowest BCUT2D eigenvalue weighted by Crippen LogP contribution is -2.40. The van der Waals surface area contributed by atoms with Crippen molar-refractivity contribution in [1.82, 2.24) is 0 Å². The van der Waals surface area contributed by atoms with Gasteiger partial charge in [-0.15, -0.1) is 0 Å². The third kappa shape index (κ3) is 1.80. The van der Waals surface area contributed by atoms with Gasteiger partial charge in [0.05, 0.1) is 12.9 Å². The predicted octanol–water partition coefficient (Wildman–Crippen LogP) is 1.80. The van der Waals surface area contributed by atoms with Gasteiger partial charge in [0.15, 0.2) is 11.4 Å². The molecule has 0 unspecified atom stereocenters. The van der Waals surface area contributed by atoms with Crippen LogP contribution in [0.15, 0.2) is 35.5 Å². The summed E-state index contributed by atoms with van der Waals surface area (Å²) in [6.45, 7) is 7.55. The molecule has 1 N–H and O–H groups in total. The molecular weight excluding hydrogens is 208 g/mol. The maximum atomic E-state index is 10.5. The number of aliphatic hydroxyl groups is 1. The lowest BCUT2D eigenvalue weighted by molar-refractivity contribution is -0.165. The molecule has 0 aromatic carbocycles. The van der Waals surface area contributed by atoms with Crippen LogP contribution in [0.2, 0.25) is 0 Å². The molecule has 0 bridgehead atoms. The second-order valence-corrected chi connectivity index (χ2v) is 4.32. The van der Waals surface area contributed by atoms with Gasteiger partial charge in [0.25, 0.3) is 0 Å². The summed E-state index contributed by atoms with van der Waals surface area (Å²) in [6.07, 6.45) is 2.41. The van der Waals surface area contributed by atoms with Crippen LogP contribution in [0.25, 0.3) is 0 Å². The molecule has 4 nitrogen and oxygen atoms in total. The summed E-state index contributed by atoms with van der Waals surface area (Å²) in [5, 5.41) is 10.5. The first-order valence-corrected chi connectivity index (χ1v) is 5.20. The van der Waals surface area contributed by atoms with Crippen molar-refractivity contribution in [1.29, 1.82) is 0 Å². The van der Waals surface area contributed by atoms with E-state index >= 15 is 0 Å². The van der Waals surface area contributed by atoms with Crippen molar-refractivity contribution in [3.63, 3.8) is 0 Å². The Labute approximate surface area is 94.5 Å². The molecule has 1 aliphatic heterocycles. The van der Waals surface area contributed by atoms with Crippen molar-refractivity contribution in [3.8, 4) is 0 Å². The molecule has 0 spiro atoms. The molecule has 0 aliphatic carbocycles. The molecule has 1 aromatic rings. The van der Waals surface area contributed by atoms with Crippen LogP contribution >= 0.6 is 0 Å². The molecule has 2 atom stereocenters. The molecule has 0 saturated carbocycles. The van der Waals surface area contributed by atoms with Gasteiger partial charge in [0, 0.05) is 0 Å². The number of rotatable bonds is 3. The summed E-state index contributed by atoms with van der Waals surface area (Å²) in [6, 6.07) is 3.40. The fraction of sp³-hybridized carbons (Fsp3) is 0.500.